The molecule has 0 aliphatic rings. The van der Waals surface area contributed by atoms with Crippen molar-refractivity contribution in [3.05, 3.63) is 59.5 Å². The monoisotopic (exact) mass is 272 g/mol. The van der Waals surface area contributed by atoms with Gasteiger partial charge in [-0.05, 0) is 43.3 Å². The van der Waals surface area contributed by atoms with Crippen molar-refractivity contribution in [2.24, 2.45) is 0 Å². The molecule has 1 unspecified atom stereocenters. The summed E-state index contributed by atoms with van der Waals surface area (Å²) in [7, 11) is 0. The molecule has 3 nitrogen and oxygen atoms in total. The lowest BCUT2D eigenvalue weighted by molar-refractivity contribution is 0.193. The van der Waals surface area contributed by atoms with Crippen LogP contribution in [0.5, 0.6) is 0 Å². The molecule has 3 aromatic rings. The van der Waals surface area contributed by atoms with Gasteiger partial charge in [-0.25, -0.2) is 0 Å². The standard InChI is InChI=1S/C15H13ClN2O/c1-10(19)15-8-11-9-17-7-6-14(11)18(15)13-4-2-12(16)3-5-13/h2-10,19H,1H3. The predicted molar refractivity (Wildman–Crippen MR) is 76.7 cm³/mol. The molecule has 0 fully saturated rings. The zero-order chi connectivity index (χ0) is 13.4. The highest BCUT2D eigenvalue weighted by atomic mass is 35.5. The van der Waals surface area contributed by atoms with Crippen LogP contribution in [0.4, 0.5) is 0 Å². The number of pyridine rings is 1. The van der Waals surface area contributed by atoms with Crippen molar-refractivity contribution in [2.75, 3.05) is 0 Å². The van der Waals surface area contributed by atoms with E-state index in [4.69, 9.17) is 11.6 Å². The second kappa shape index (κ2) is 4.68. The lowest BCUT2D eigenvalue weighted by Crippen LogP contribution is -2.02. The first-order chi connectivity index (χ1) is 9.16. The van der Waals surface area contributed by atoms with Gasteiger partial charge in [-0.2, -0.15) is 0 Å². The third kappa shape index (κ3) is 2.11. The molecule has 0 aliphatic carbocycles. The highest BCUT2D eigenvalue weighted by Crippen LogP contribution is 2.28. The first kappa shape index (κ1) is 12.2. The van der Waals surface area contributed by atoms with Gasteiger partial charge in [0.15, 0.2) is 0 Å². The quantitative estimate of drug-likeness (QED) is 0.772. The fourth-order valence-corrected chi connectivity index (χ4v) is 2.39. The minimum atomic E-state index is -0.553. The second-order valence-electron chi connectivity index (χ2n) is 4.49. The Morgan fingerprint density at radius 2 is 1.95 bits per heavy atom. The summed E-state index contributed by atoms with van der Waals surface area (Å²) in [6.45, 7) is 1.76. The minimum absolute atomic E-state index is 0.553. The summed E-state index contributed by atoms with van der Waals surface area (Å²) in [5, 5.41) is 11.7. The molecule has 0 aliphatic heterocycles. The number of aliphatic hydroxyl groups is 1. The number of nitrogens with zero attached hydrogens (tertiary/aromatic N) is 2. The van der Waals surface area contributed by atoms with E-state index < -0.39 is 6.10 Å². The summed E-state index contributed by atoms with van der Waals surface area (Å²) in [6, 6.07) is 11.5. The van der Waals surface area contributed by atoms with Crippen LogP contribution in [0.2, 0.25) is 5.02 Å². The third-order valence-corrected chi connectivity index (χ3v) is 3.40. The van der Waals surface area contributed by atoms with Crippen LogP contribution in [0.1, 0.15) is 18.7 Å². The second-order valence-corrected chi connectivity index (χ2v) is 4.93. The number of halogens is 1. The van der Waals surface area contributed by atoms with Crippen LogP contribution >= 0.6 is 11.6 Å². The molecule has 1 N–H and O–H groups in total. The SMILES string of the molecule is CC(O)c1cc2cnccc2n1-c1ccc(Cl)cc1. The summed E-state index contributed by atoms with van der Waals surface area (Å²) in [6.07, 6.45) is 3.00. The summed E-state index contributed by atoms with van der Waals surface area (Å²) in [4.78, 5) is 4.12. The van der Waals surface area contributed by atoms with Crippen molar-refractivity contribution in [1.29, 1.82) is 0 Å². The lowest BCUT2D eigenvalue weighted by Gasteiger charge is -2.12. The summed E-state index contributed by atoms with van der Waals surface area (Å²) < 4.78 is 2.03. The number of fused-ring (bicyclic) bond motifs is 1. The number of hydrogen-bond acceptors (Lipinski definition) is 2. The molecule has 19 heavy (non-hydrogen) atoms. The average Bonchev–Trinajstić information content (AvgIpc) is 2.79. The largest absolute Gasteiger partial charge is 0.387 e. The highest BCUT2D eigenvalue weighted by molar-refractivity contribution is 6.30. The van der Waals surface area contributed by atoms with Gasteiger partial charge in [0.05, 0.1) is 17.3 Å². The molecule has 0 saturated heterocycles. The molecule has 0 spiro atoms. The average molecular weight is 273 g/mol. The van der Waals surface area contributed by atoms with Crippen LogP contribution in [-0.4, -0.2) is 14.7 Å². The van der Waals surface area contributed by atoms with Gasteiger partial charge in [0.2, 0.25) is 0 Å². The van der Waals surface area contributed by atoms with E-state index in [0.29, 0.717) is 5.02 Å². The van der Waals surface area contributed by atoms with E-state index in [-0.39, 0.29) is 0 Å². The first-order valence-corrected chi connectivity index (χ1v) is 6.44. The lowest BCUT2D eigenvalue weighted by atomic mass is 10.2. The Morgan fingerprint density at radius 3 is 2.63 bits per heavy atom. The number of benzene rings is 1. The Labute approximate surface area is 116 Å². The first-order valence-electron chi connectivity index (χ1n) is 6.06. The van der Waals surface area contributed by atoms with E-state index in [1.54, 1.807) is 19.3 Å². The van der Waals surface area contributed by atoms with E-state index in [2.05, 4.69) is 4.98 Å². The summed E-state index contributed by atoms with van der Waals surface area (Å²) >= 11 is 5.92. The molecule has 1 aromatic carbocycles. The molecule has 0 amide bonds. The van der Waals surface area contributed by atoms with Gasteiger partial charge in [0.25, 0.3) is 0 Å². The van der Waals surface area contributed by atoms with Gasteiger partial charge in [0.1, 0.15) is 0 Å². The molecular formula is C15H13ClN2O. The molecule has 0 saturated carbocycles. The normalized spacial score (nSPS) is 12.8. The topological polar surface area (TPSA) is 38.1 Å². The van der Waals surface area contributed by atoms with Gasteiger partial charge in [-0.1, -0.05) is 11.6 Å². The molecule has 3 rings (SSSR count). The van der Waals surface area contributed by atoms with Gasteiger partial charge >= 0.3 is 0 Å². The summed E-state index contributed by atoms with van der Waals surface area (Å²) in [5.74, 6) is 0. The van der Waals surface area contributed by atoms with Gasteiger partial charge < -0.3 is 9.67 Å². The van der Waals surface area contributed by atoms with E-state index >= 15 is 0 Å². The number of rotatable bonds is 2. The van der Waals surface area contributed by atoms with Gasteiger partial charge in [-0.3, -0.25) is 4.98 Å². The molecule has 2 heterocycles. The van der Waals surface area contributed by atoms with E-state index in [0.717, 1.165) is 22.3 Å². The predicted octanol–water partition coefficient (Wildman–Crippen LogP) is 3.73. The molecule has 0 bridgehead atoms. The van der Waals surface area contributed by atoms with Crippen molar-refractivity contribution >= 4 is 22.5 Å². The number of aliphatic hydroxyl groups excluding tert-OH is 1. The van der Waals surface area contributed by atoms with Crippen molar-refractivity contribution in [3.8, 4) is 5.69 Å². The molecule has 0 radical (unpaired) electrons. The fourth-order valence-electron chi connectivity index (χ4n) is 2.26. The van der Waals surface area contributed by atoms with E-state index in [1.165, 1.54) is 0 Å². The van der Waals surface area contributed by atoms with Crippen molar-refractivity contribution in [3.63, 3.8) is 0 Å². The van der Waals surface area contributed by atoms with Gasteiger partial charge in [-0.15, -0.1) is 0 Å². The molecule has 2 aromatic heterocycles. The van der Waals surface area contributed by atoms with E-state index in [1.807, 2.05) is 41.0 Å². The number of aromatic nitrogens is 2. The highest BCUT2D eigenvalue weighted by Gasteiger charge is 2.14. The van der Waals surface area contributed by atoms with Crippen LogP contribution in [0.15, 0.2) is 48.8 Å². The number of hydrogen-bond donors (Lipinski definition) is 1. The zero-order valence-corrected chi connectivity index (χ0v) is 11.2. The Kier molecular flexibility index (Phi) is 3.01. The Balaban J connectivity index is 2.31. The van der Waals surface area contributed by atoms with Crippen LogP contribution in [0, 0.1) is 0 Å². The van der Waals surface area contributed by atoms with Crippen molar-refractivity contribution in [2.45, 2.75) is 13.0 Å². The van der Waals surface area contributed by atoms with Crippen LogP contribution in [0.25, 0.3) is 16.6 Å². The fraction of sp³-hybridized carbons (Fsp3) is 0.133. The maximum Gasteiger partial charge on any atom is 0.0915 e. The molecule has 1 atom stereocenters. The van der Waals surface area contributed by atoms with Crippen LogP contribution < -0.4 is 0 Å². The van der Waals surface area contributed by atoms with Gasteiger partial charge in [0, 0.05) is 28.5 Å². The molecule has 4 heteroatoms. The molecular weight excluding hydrogens is 260 g/mol. The maximum atomic E-state index is 9.95. The Morgan fingerprint density at radius 1 is 1.21 bits per heavy atom. The van der Waals surface area contributed by atoms with Crippen molar-refractivity contribution in [1.82, 2.24) is 9.55 Å². The van der Waals surface area contributed by atoms with E-state index in [9.17, 15) is 5.11 Å². The van der Waals surface area contributed by atoms with Crippen LogP contribution in [-0.2, 0) is 0 Å². The maximum absolute atomic E-state index is 9.95. The molecule has 96 valence electrons. The van der Waals surface area contributed by atoms with Crippen LogP contribution in [0.3, 0.4) is 0 Å². The van der Waals surface area contributed by atoms with Crippen molar-refractivity contribution < 1.29 is 5.11 Å². The smallest absolute Gasteiger partial charge is 0.0915 e. The third-order valence-electron chi connectivity index (χ3n) is 3.14. The minimum Gasteiger partial charge on any atom is -0.387 e. The Hall–Kier alpha value is -1.84. The summed E-state index contributed by atoms with van der Waals surface area (Å²) in [5.41, 5.74) is 2.83. The Bertz CT molecular complexity index is 717. The zero-order valence-electron chi connectivity index (χ0n) is 10.4.